The van der Waals surface area contributed by atoms with Crippen molar-refractivity contribution in [3.05, 3.63) is 24.3 Å². The first-order chi connectivity index (χ1) is 19.6. The van der Waals surface area contributed by atoms with Gasteiger partial charge >= 0.3 is 11.9 Å². The molecule has 0 saturated carbocycles. The number of allylic oxidation sites excluding steroid dienone is 4. The molecule has 1 atom stereocenters. The van der Waals surface area contributed by atoms with Crippen molar-refractivity contribution in [2.24, 2.45) is 0 Å². The van der Waals surface area contributed by atoms with Gasteiger partial charge in [-0.3, -0.25) is 9.59 Å². The van der Waals surface area contributed by atoms with Crippen LogP contribution in [-0.2, 0) is 14.3 Å². The molecule has 4 nitrogen and oxygen atoms in total. The summed E-state index contributed by atoms with van der Waals surface area (Å²) in [5, 5.41) is 9.22. The first-order valence-corrected chi connectivity index (χ1v) is 17.3. The van der Waals surface area contributed by atoms with Gasteiger partial charge in [0.2, 0.25) is 0 Å². The monoisotopic (exact) mass is 562 g/mol. The van der Waals surface area contributed by atoms with E-state index in [9.17, 15) is 14.7 Å². The molecule has 0 aliphatic carbocycles. The molecule has 0 fully saturated rings. The Balaban J connectivity index is 3.71. The normalized spacial score (nSPS) is 12.4. The van der Waals surface area contributed by atoms with Crippen molar-refractivity contribution < 1.29 is 19.4 Å². The minimum atomic E-state index is -0.885. The molecule has 1 N–H and O–H groups in total. The number of rotatable bonds is 31. The Bertz CT molecular complexity index is 610. The second kappa shape index (κ2) is 31.9. The third-order valence-electron chi connectivity index (χ3n) is 7.66. The number of ether oxygens (including phenoxy) is 1. The second-order valence-electron chi connectivity index (χ2n) is 11.7. The van der Waals surface area contributed by atoms with Crippen molar-refractivity contribution in [2.45, 2.75) is 193 Å². The summed E-state index contributed by atoms with van der Waals surface area (Å²) in [6, 6.07) is 0. The second-order valence-corrected chi connectivity index (χ2v) is 11.7. The van der Waals surface area contributed by atoms with Crippen LogP contribution in [0.5, 0.6) is 0 Å². The van der Waals surface area contributed by atoms with Crippen LogP contribution < -0.4 is 0 Å². The minimum Gasteiger partial charge on any atom is -0.481 e. The van der Waals surface area contributed by atoms with Crippen molar-refractivity contribution in [3.63, 3.8) is 0 Å². The van der Waals surface area contributed by atoms with E-state index in [1.54, 1.807) is 0 Å². The molecular formula is C36H66O4. The van der Waals surface area contributed by atoms with E-state index in [0.717, 1.165) is 44.9 Å². The van der Waals surface area contributed by atoms with Crippen LogP contribution in [0.2, 0.25) is 0 Å². The van der Waals surface area contributed by atoms with E-state index in [-0.39, 0.29) is 12.4 Å². The Hall–Kier alpha value is -1.58. The number of carbonyl (C=O) groups is 2. The summed E-state index contributed by atoms with van der Waals surface area (Å²) in [6.07, 6.45) is 39.0. The summed E-state index contributed by atoms with van der Waals surface area (Å²) in [7, 11) is 0. The Morgan fingerprint density at radius 1 is 0.575 bits per heavy atom. The van der Waals surface area contributed by atoms with Gasteiger partial charge in [-0.2, -0.15) is 0 Å². The van der Waals surface area contributed by atoms with Crippen LogP contribution in [0.25, 0.3) is 0 Å². The highest BCUT2D eigenvalue weighted by Crippen LogP contribution is 2.16. The van der Waals surface area contributed by atoms with E-state index < -0.39 is 12.1 Å². The van der Waals surface area contributed by atoms with E-state index in [1.807, 2.05) is 0 Å². The highest BCUT2D eigenvalue weighted by molar-refractivity contribution is 5.71. The Kier molecular flexibility index (Phi) is 30.7. The summed E-state index contributed by atoms with van der Waals surface area (Å²) >= 11 is 0. The van der Waals surface area contributed by atoms with Gasteiger partial charge < -0.3 is 9.84 Å². The maximum atomic E-state index is 12.3. The van der Waals surface area contributed by atoms with E-state index >= 15 is 0 Å². The molecule has 0 radical (unpaired) electrons. The number of aliphatic carboxylic acids is 1. The molecule has 0 heterocycles. The first kappa shape index (κ1) is 38.4. The highest BCUT2D eigenvalue weighted by Gasteiger charge is 2.17. The number of hydrogen-bond donors (Lipinski definition) is 1. The molecule has 0 aliphatic heterocycles. The van der Waals surface area contributed by atoms with Crippen molar-refractivity contribution >= 4 is 11.9 Å². The molecular weight excluding hydrogens is 496 g/mol. The number of unbranched alkanes of at least 4 members (excludes halogenated alkanes) is 20. The smallest absolute Gasteiger partial charge is 0.307 e. The van der Waals surface area contributed by atoms with Crippen LogP contribution in [-0.4, -0.2) is 23.1 Å². The van der Waals surface area contributed by atoms with Crippen molar-refractivity contribution in [2.75, 3.05) is 0 Å². The van der Waals surface area contributed by atoms with Gasteiger partial charge in [-0.05, 0) is 51.4 Å². The molecule has 234 valence electrons. The molecule has 0 spiro atoms. The molecule has 0 amide bonds. The Labute approximate surface area is 248 Å². The summed E-state index contributed by atoms with van der Waals surface area (Å²) in [6.45, 7) is 4.50. The maximum absolute atomic E-state index is 12.3. The summed E-state index contributed by atoms with van der Waals surface area (Å²) < 4.78 is 5.55. The SMILES string of the molecule is CCCCC/C=C\C/C=C\CCCCCCCC(=O)OC(CCCCCCCCCCCCCCC)CC(=O)O. The number of carboxylic acid groups (broad SMARTS) is 1. The predicted molar refractivity (Wildman–Crippen MR) is 172 cm³/mol. The first-order valence-electron chi connectivity index (χ1n) is 17.3. The Morgan fingerprint density at radius 2 is 1.00 bits per heavy atom. The van der Waals surface area contributed by atoms with Gasteiger partial charge in [-0.25, -0.2) is 0 Å². The van der Waals surface area contributed by atoms with E-state index in [0.29, 0.717) is 12.8 Å². The van der Waals surface area contributed by atoms with Crippen LogP contribution in [0.15, 0.2) is 24.3 Å². The molecule has 4 heteroatoms. The summed E-state index contributed by atoms with van der Waals surface area (Å²) in [4.78, 5) is 23.5. The van der Waals surface area contributed by atoms with Crippen LogP contribution in [0.4, 0.5) is 0 Å². The van der Waals surface area contributed by atoms with Gasteiger partial charge in [0.1, 0.15) is 6.10 Å². The van der Waals surface area contributed by atoms with Crippen molar-refractivity contribution in [1.82, 2.24) is 0 Å². The molecule has 0 saturated heterocycles. The lowest BCUT2D eigenvalue weighted by Crippen LogP contribution is -2.21. The minimum absolute atomic E-state index is 0.0772. The van der Waals surface area contributed by atoms with Crippen molar-refractivity contribution in [1.29, 1.82) is 0 Å². The van der Waals surface area contributed by atoms with Gasteiger partial charge in [0.25, 0.3) is 0 Å². The number of carboxylic acids is 1. The predicted octanol–water partition coefficient (Wildman–Crippen LogP) is 11.7. The quantitative estimate of drug-likeness (QED) is 0.0518. The van der Waals surface area contributed by atoms with Crippen molar-refractivity contribution in [3.8, 4) is 0 Å². The van der Waals surface area contributed by atoms with Gasteiger partial charge in [-0.15, -0.1) is 0 Å². The van der Waals surface area contributed by atoms with Gasteiger partial charge in [0.05, 0.1) is 6.42 Å². The standard InChI is InChI=1S/C36H66O4/c1-3-5-7-9-11-13-15-17-18-20-22-24-26-28-30-32-36(39)40-34(33-35(37)38)31-29-27-25-23-21-19-16-14-12-10-8-6-4-2/h11,13,17-18,34H,3-10,12,14-16,19-33H2,1-2H3,(H,37,38)/b13-11-,18-17-. The summed E-state index contributed by atoms with van der Waals surface area (Å²) in [5.74, 6) is -1.11. The molecule has 0 aromatic heterocycles. The van der Waals surface area contributed by atoms with Crippen LogP contribution in [0.3, 0.4) is 0 Å². The highest BCUT2D eigenvalue weighted by atomic mass is 16.5. The van der Waals surface area contributed by atoms with Crippen LogP contribution >= 0.6 is 0 Å². The lowest BCUT2D eigenvalue weighted by Gasteiger charge is -2.16. The third-order valence-corrected chi connectivity index (χ3v) is 7.66. The fourth-order valence-corrected chi connectivity index (χ4v) is 5.11. The molecule has 0 bridgehead atoms. The van der Waals surface area contributed by atoms with Crippen LogP contribution in [0.1, 0.15) is 187 Å². The summed E-state index contributed by atoms with van der Waals surface area (Å²) in [5.41, 5.74) is 0. The average Bonchev–Trinajstić information content (AvgIpc) is 2.93. The molecule has 0 rings (SSSR count). The molecule has 0 aliphatic rings. The van der Waals surface area contributed by atoms with Gasteiger partial charge in [-0.1, -0.05) is 147 Å². The topological polar surface area (TPSA) is 63.6 Å². The number of carbonyl (C=O) groups excluding carboxylic acids is 1. The Morgan fingerprint density at radius 3 is 1.52 bits per heavy atom. The fourth-order valence-electron chi connectivity index (χ4n) is 5.11. The number of hydrogen-bond acceptors (Lipinski definition) is 3. The largest absolute Gasteiger partial charge is 0.481 e. The number of esters is 1. The molecule has 1 unspecified atom stereocenters. The zero-order valence-electron chi connectivity index (χ0n) is 26.7. The zero-order valence-corrected chi connectivity index (χ0v) is 26.7. The van der Waals surface area contributed by atoms with E-state index in [4.69, 9.17) is 4.74 Å². The lowest BCUT2D eigenvalue weighted by atomic mass is 10.0. The fraction of sp³-hybridized carbons (Fsp3) is 0.833. The average molecular weight is 563 g/mol. The molecule has 0 aromatic carbocycles. The maximum Gasteiger partial charge on any atom is 0.307 e. The van der Waals surface area contributed by atoms with Gasteiger partial charge in [0, 0.05) is 6.42 Å². The molecule has 40 heavy (non-hydrogen) atoms. The third kappa shape index (κ3) is 31.0. The van der Waals surface area contributed by atoms with E-state index in [1.165, 1.54) is 109 Å². The zero-order chi connectivity index (χ0) is 29.4. The van der Waals surface area contributed by atoms with Crippen LogP contribution in [0, 0.1) is 0 Å². The molecule has 0 aromatic rings. The lowest BCUT2D eigenvalue weighted by molar-refractivity contribution is -0.153. The van der Waals surface area contributed by atoms with Gasteiger partial charge in [0.15, 0.2) is 0 Å². The van der Waals surface area contributed by atoms with E-state index in [2.05, 4.69) is 38.2 Å².